The number of rotatable bonds is 11. The van der Waals surface area contributed by atoms with Crippen LogP contribution < -0.4 is 0 Å². The highest BCUT2D eigenvalue weighted by atomic mass is 32.2. The van der Waals surface area contributed by atoms with E-state index >= 15 is 0 Å². The first-order valence-corrected chi connectivity index (χ1v) is 22.8. The molecule has 3 unspecified atom stereocenters. The lowest BCUT2D eigenvalue weighted by Crippen LogP contribution is -2.38. The van der Waals surface area contributed by atoms with Crippen molar-refractivity contribution in [3.63, 3.8) is 0 Å². The van der Waals surface area contributed by atoms with E-state index < -0.39 is 95.7 Å². The third-order valence-electron chi connectivity index (χ3n) is 11.3. The molecule has 7 fully saturated rings. The summed E-state index contributed by atoms with van der Waals surface area (Å²) in [6.07, 6.45) is 16.9. The van der Waals surface area contributed by atoms with Gasteiger partial charge in [0, 0.05) is 6.92 Å². The zero-order valence-corrected chi connectivity index (χ0v) is 33.5. The third-order valence-corrected chi connectivity index (χ3v) is 13.9. The summed E-state index contributed by atoms with van der Waals surface area (Å²) in [5.41, 5.74) is 0. The molecule has 3 N–H and O–H groups in total. The predicted molar refractivity (Wildman–Crippen MR) is 185 cm³/mol. The Labute approximate surface area is 327 Å². The average Bonchev–Trinajstić information content (AvgIpc) is 3.73. The zero-order valence-electron chi connectivity index (χ0n) is 31.1. The number of hydrogen-bond donors (Lipinski definition) is 3. The van der Waals surface area contributed by atoms with Crippen molar-refractivity contribution < 1.29 is 93.8 Å². The van der Waals surface area contributed by atoms with Crippen molar-refractivity contribution >= 4 is 48.3 Å². The van der Waals surface area contributed by atoms with Gasteiger partial charge in [-0.05, 0) is 106 Å². The Bertz CT molecular complexity index is 1680. The van der Waals surface area contributed by atoms with E-state index in [-0.39, 0.29) is 5.92 Å². The maximum Gasteiger partial charge on any atom is 0.402 e. The molecular formula is C33H50F6O15S3. The van der Waals surface area contributed by atoms with Gasteiger partial charge >= 0.3 is 64.0 Å². The molecule has 332 valence electrons. The minimum Gasteiger partial charge on any atom is -0.458 e. The van der Waals surface area contributed by atoms with E-state index in [2.05, 4.69) is 14.2 Å². The van der Waals surface area contributed by atoms with E-state index in [1.54, 1.807) is 38.5 Å². The van der Waals surface area contributed by atoms with E-state index in [1.807, 2.05) is 0 Å². The molecule has 0 saturated heterocycles. The van der Waals surface area contributed by atoms with Crippen molar-refractivity contribution in [2.24, 2.45) is 47.3 Å². The van der Waals surface area contributed by atoms with E-state index in [0.717, 1.165) is 45.4 Å². The summed E-state index contributed by atoms with van der Waals surface area (Å²) < 4.78 is 173. The van der Waals surface area contributed by atoms with Gasteiger partial charge in [0.2, 0.25) is 0 Å². The summed E-state index contributed by atoms with van der Waals surface area (Å²) in [4.78, 5) is 32.9. The number of halogens is 6. The van der Waals surface area contributed by atoms with Crippen LogP contribution in [0.5, 0.6) is 0 Å². The van der Waals surface area contributed by atoms with Gasteiger partial charge < -0.3 is 14.2 Å². The van der Waals surface area contributed by atoms with Crippen molar-refractivity contribution in [3.8, 4) is 0 Å². The molecule has 0 amide bonds. The number of fused-ring (bicyclic) bond motifs is 2. The molecule has 0 aromatic carbocycles. The van der Waals surface area contributed by atoms with Crippen LogP contribution in [-0.2, 0) is 58.9 Å². The quantitative estimate of drug-likeness (QED) is 0.0947. The van der Waals surface area contributed by atoms with Crippen LogP contribution in [0.15, 0.2) is 0 Å². The smallest absolute Gasteiger partial charge is 0.402 e. The van der Waals surface area contributed by atoms with E-state index in [9.17, 15) is 66.0 Å². The fourth-order valence-electron chi connectivity index (χ4n) is 8.80. The maximum absolute atomic E-state index is 12.9. The average molecular weight is 897 g/mol. The van der Waals surface area contributed by atoms with Gasteiger partial charge in [-0.15, -0.1) is 0 Å². The van der Waals surface area contributed by atoms with Crippen LogP contribution in [-0.4, -0.2) is 92.4 Å². The lowest BCUT2D eigenvalue weighted by Gasteiger charge is -2.49. The van der Waals surface area contributed by atoms with Crippen LogP contribution in [0, 0.1) is 47.3 Å². The zero-order chi connectivity index (χ0) is 43.2. The fraction of sp³-hybridized carbons (Fsp3) is 0.909. The van der Waals surface area contributed by atoms with Crippen LogP contribution in [0.3, 0.4) is 0 Å². The molecule has 15 nitrogen and oxygen atoms in total. The maximum atomic E-state index is 12.9. The molecule has 7 saturated carbocycles. The largest absolute Gasteiger partial charge is 0.458 e. The molecule has 57 heavy (non-hydrogen) atoms. The first-order chi connectivity index (χ1) is 26.0. The molecule has 0 heterocycles. The monoisotopic (exact) mass is 896 g/mol. The topological polar surface area (TPSA) is 242 Å². The molecule has 0 aromatic rings. The van der Waals surface area contributed by atoms with Crippen molar-refractivity contribution in [1.29, 1.82) is 0 Å². The summed E-state index contributed by atoms with van der Waals surface area (Å²) in [6.45, 7) is -4.11. The first-order valence-electron chi connectivity index (χ1n) is 18.5. The van der Waals surface area contributed by atoms with Crippen molar-refractivity contribution in [2.45, 2.75) is 119 Å². The molecule has 7 rings (SSSR count). The summed E-state index contributed by atoms with van der Waals surface area (Å²) in [7, 11) is -16.6. The van der Waals surface area contributed by atoms with Crippen LogP contribution in [0.2, 0.25) is 0 Å². The van der Waals surface area contributed by atoms with Gasteiger partial charge in [-0.25, -0.2) is 0 Å². The Balaban J connectivity index is 0.000000208. The van der Waals surface area contributed by atoms with E-state index in [0.29, 0.717) is 25.2 Å². The van der Waals surface area contributed by atoms with Crippen LogP contribution in [0.1, 0.15) is 103 Å². The Hall–Kier alpha value is -2.28. The second kappa shape index (κ2) is 19.4. The fourth-order valence-corrected chi connectivity index (χ4v) is 9.42. The number of carbonyl (C=O) groups excluding carboxylic acids is 3. The van der Waals surface area contributed by atoms with Crippen LogP contribution in [0.4, 0.5) is 26.3 Å². The lowest BCUT2D eigenvalue weighted by atomic mass is 9.56. The lowest BCUT2D eigenvalue weighted by molar-refractivity contribution is -0.156. The van der Waals surface area contributed by atoms with Crippen LogP contribution in [0.25, 0.3) is 0 Å². The van der Waals surface area contributed by atoms with Gasteiger partial charge in [0.05, 0.1) is 11.8 Å². The molecule has 6 bridgehead atoms. The molecule has 3 atom stereocenters. The summed E-state index contributed by atoms with van der Waals surface area (Å²) in [5, 5.41) is -13.3. The molecule has 24 heteroatoms. The molecule has 0 radical (unpaired) electrons. The summed E-state index contributed by atoms with van der Waals surface area (Å²) >= 11 is 0. The van der Waals surface area contributed by atoms with Crippen molar-refractivity contribution in [1.82, 2.24) is 0 Å². The highest BCUT2D eigenvalue weighted by molar-refractivity contribution is 7.87. The first kappa shape index (κ1) is 49.1. The molecule has 0 spiro atoms. The normalized spacial score (nSPS) is 28.4. The summed E-state index contributed by atoms with van der Waals surface area (Å²) in [6, 6.07) is 0. The van der Waals surface area contributed by atoms with E-state index in [4.69, 9.17) is 13.7 Å². The minimum atomic E-state index is -5.54. The number of carbonyl (C=O) groups is 3. The molecule has 7 aliphatic carbocycles. The third kappa shape index (κ3) is 14.5. The Morgan fingerprint density at radius 3 is 1.19 bits per heavy atom. The standard InChI is InChI=1S/C10H14F2O5S.C10H16.C9H14F2O5S.C4H6F2O5S/c11-10(12,18(14,15)16)5-17-9(13)8-4-6-1-2-7(8)3-6;1-7-2-9-4-8(1)5-10(3-7)6-9;10-9(11,17(13,14)15)6-16-8(12)7-4-2-1-3-5-7;1-3(7)11-2-4(5,6)12(8,9)10/h6-8H,1-5H2,(H,14,15,16);7-10H,1-6H2;7H,1-6H2,(H,13,14,15);2H2,1H3,(H,8,9,10). The number of alkyl halides is 6. The van der Waals surface area contributed by atoms with Gasteiger partial charge in [-0.1, -0.05) is 25.7 Å². The summed E-state index contributed by atoms with van der Waals surface area (Å²) in [5.74, 6) is 1.82. The van der Waals surface area contributed by atoms with Gasteiger partial charge in [0.1, 0.15) is 0 Å². The molecular weight excluding hydrogens is 847 g/mol. The number of hydrogen-bond acceptors (Lipinski definition) is 12. The Morgan fingerprint density at radius 1 is 0.509 bits per heavy atom. The molecule has 0 aromatic heterocycles. The Kier molecular flexibility index (Phi) is 16.7. The van der Waals surface area contributed by atoms with Crippen molar-refractivity contribution in [3.05, 3.63) is 0 Å². The second-order valence-corrected chi connectivity index (χ2v) is 20.5. The Morgan fingerprint density at radius 2 is 0.877 bits per heavy atom. The van der Waals surface area contributed by atoms with Gasteiger partial charge in [0.15, 0.2) is 19.8 Å². The van der Waals surface area contributed by atoms with Gasteiger partial charge in [-0.2, -0.15) is 51.6 Å². The number of ether oxygens (including phenoxy) is 3. The minimum absolute atomic E-state index is 0.168. The highest BCUT2D eigenvalue weighted by Gasteiger charge is 2.49. The van der Waals surface area contributed by atoms with Crippen molar-refractivity contribution in [2.75, 3.05) is 19.8 Å². The number of esters is 3. The molecule has 0 aliphatic heterocycles. The molecule has 7 aliphatic rings. The SMILES string of the molecule is C1C2CC3CC1CC(C2)C3.CC(=O)OCC(F)(F)S(=O)(=O)O.O=C(OCC(F)(F)S(=O)(=O)O)C1CC2CCC1C2.O=C(OCC(F)(F)S(=O)(=O)O)C1CCCCC1. The predicted octanol–water partition coefficient (Wildman–Crippen LogP) is 5.90. The van der Waals surface area contributed by atoms with Crippen LogP contribution >= 0.6 is 0 Å². The highest BCUT2D eigenvalue weighted by Crippen LogP contribution is 2.53. The van der Waals surface area contributed by atoms with Gasteiger partial charge in [0.25, 0.3) is 0 Å². The van der Waals surface area contributed by atoms with E-state index in [1.165, 1.54) is 23.7 Å². The van der Waals surface area contributed by atoms with Gasteiger partial charge in [-0.3, -0.25) is 28.0 Å². The second-order valence-electron chi connectivity index (χ2n) is 15.8.